The van der Waals surface area contributed by atoms with Crippen molar-refractivity contribution in [3.05, 3.63) is 47.2 Å². The summed E-state index contributed by atoms with van der Waals surface area (Å²) in [6, 6.07) is 9.30. The van der Waals surface area contributed by atoms with E-state index in [1.54, 1.807) is 4.90 Å². The molecule has 2 aromatic rings. The van der Waals surface area contributed by atoms with E-state index >= 15 is 0 Å². The second-order valence-electron chi connectivity index (χ2n) is 6.25. The van der Waals surface area contributed by atoms with Crippen molar-refractivity contribution in [2.75, 3.05) is 6.54 Å². The number of furan rings is 1. The number of carbonyl (C=O) groups is 2. The van der Waals surface area contributed by atoms with Gasteiger partial charge in [-0.1, -0.05) is 30.3 Å². The molecule has 0 bridgehead atoms. The van der Waals surface area contributed by atoms with Gasteiger partial charge in [-0.3, -0.25) is 9.59 Å². The molecule has 3 rings (SSSR count). The predicted octanol–water partition coefficient (Wildman–Crippen LogP) is 3.64. The minimum atomic E-state index is -0.872. The third-order valence-corrected chi connectivity index (χ3v) is 4.68. The number of nitrogens with zero attached hydrogens (tertiary/aromatic N) is 1. The van der Waals surface area contributed by atoms with Crippen molar-refractivity contribution >= 4 is 11.9 Å². The van der Waals surface area contributed by atoms with E-state index in [9.17, 15) is 9.59 Å². The zero-order valence-electron chi connectivity index (χ0n) is 13.9. The fraction of sp³-hybridized carbons (Fsp3) is 0.368. The Kier molecular flexibility index (Phi) is 4.42. The van der Waals surface area contributed by atoms with Crippen molar-refractivity contribution in [1.29, 1.82) is 0 Å². The zero-order chi connectivity index (χ0) is 17.3. The number of benzene rings is 1. The van der Waals surface area contributed by atoms with Crippen molar-refractivity contribution in [3.8, 4) is 11.3 Å². The van der Waals surface area contributed by atoms with Gasteiger partial charge < -0.3 is 14.4 Å². The van der Waals surface area contributed by atoms with E-state index in [0.29, 0.717) is 23.6 Å². The first-order chi connectivity index (χ1) is 11.5. The number of aryl methyl sites for hydroxylation is 1. The monoisotopic (exact) mass is 327 g/mol. The van der Waals surface area contributed by atoms with Gasteiger partial charge in [0.05, 0.1) is 12.0 Å². The largest absolute Gasteiger partial charge is 0.481 e. The van der Waals surface area contributed by atoms with Gasteiger partial charge in [-0.25, -0.2) is 0 Å². The molecular formula is C19H21NO4. The molecule has 5 heteroatoms. The van der Waals surface area contributed by atoms with E-state index in [4.69, 9.17) is 9.52 Å². The summed E-state index contributed by atoms with van der Waals surface area (Å²) >= 11 is 0. The molecule has 1 aromatic heterocycles. The Labute approximate surface area is 140 Å². The molecule has 1 aliphatic heterocycles. The molecule has 0 saturated carbocycles. The Morgan fingerprint density at radius 3 is 2.62 bits per heavy atom. The van der Waals surface area contributed by atoms with E-state index < -0.39 is 5.97 Å². The van der Waals surface area contributed by atoms with Gasteiger partial charge >= 0.3 is 5.97 Å². The number of aliphatic carboxylic acids is 1. The number of amides is 1. The Bertz CT molecular complexity index is 763. The van der Waals surface area contributed by atoms with Crippen LogP contribution in [0.2, 0.25) is 0 Å². The number of carboxylic acids is 1. The summed E-state index contributed by atoms with van der Waals surface area (Å²) in [4.78, 5) is 25.9. The van der Waals surface area contributed by atoms with Crippen molar-refractivity contribution in [3.63, 3.8) is 0 Å². The maximum absolute atomic E-state index is 13.1. The molecule has 1 unspecified atom stereocenters. The van der Waals surface area contributed by atoms with Crippen LogP contribution in [-0.4, -0.2) is 34.5 Å². The Balaban J connectivity index is 2.00. The minimum Gasteiger partial charge on any atom is -0.481 e. The Morgan fingerprint density at radius 2 is 1.96 bits per heavy atom. The normalized spacial score (nSPS) is 17.2. The van der Waals surface area contributed by atoms with Crippen molar-refractivity contribution in [2.24, 2.45) is 0 Å². The Morgan fingerprint density at radius 1 is 1.25 bits per heavy atom. The van der Waals surface area contributed by atoms with Crippen molar-refractivity contribution in [1.82, 2.24) is 4.90 Å². The first-order valence-corrected chi connectivity index (χ1v) is 8.17. The third kappa shape index (κ3) is 2.94. The average molecular weight is 327 g/mol. The quantitative estimate of drug-likeness (QED) is 0.930. The molecule has 1 aliphatic rings. The van der Waals surface area contributed by atoms with Gasteiger partial charge in [0.25, 0.3) is 5.91 Å². The second kappa shape index (κ2) is 6.51. The molecule has 1 N–H and O–H groups in total. The molecule has 0 aliphatic carbocycles. The molecule has 1 saturated heterocycles. The van der Waals surface area contributed by atoms with Crippen LogP contribution in [-0.2, 0) is 4.79 Å². The summed E-state index contributed by atoms with van der Waals surface area (Å²) in [6.07, 6.45) is 1.55. The molecule has 126 valence electrons. The first-order valence-electron chi connectivity index (χ1n) is 8.17. The van der Waals surface area contributed by atoms with Gasteiger partial charge in [-0.15, -0.1) is 0 Å². The highest BCUT2D eigenvalue weighted by Crippen LogP contribution is 2.34. The number of carboxylic acid groups (broad SMARTS) is 1. The van der Waals surface area contributed by atoms with Gasteiger partial charge in [-0.05, 0) is 26.7 Å². The molecule has 1 amide bonds. The van der Waals surface area contributed by atoms with E-state index in [-0.39, 0.29) is 18.4 Å². The molecule has 5 nitrogen and oxygen atoms in total. The fourth-order valence-electron chi connectivity index (χ4n) is 3.34. The van der Waals surface area contributed by atoms with Gasteiger partial charge in [0, 0.05) is 23.7 Å². The summed E-state index contributed by atoms with van der Waals surface area (Å²) in [6.45, 7) is 4.31. The molecule has 24 heavy (non-hydrogen) atoms. The number of carbonyl (C=O) groups excluding carboxylic acids is 1. The number of rotatable bonds is 4. The van der Waals surface area contributed by atoms with E-state index in [1.807, 2.05) is 44.2 Å². The summed E-state index contributed by atoms with van der Waals surface area (Å²) in [5.41, 5.74) is 2.22. The lowest BCUT2D eigenvalue weighted by atomic mass is 10.0. The predicted molar refractivity (Wildman–Crippen MR) is 89.9 cm³/mol. The lowest BCUT2D eigenvalue weighted by Gasteiger charge is -2.23. The molecule has 2 heterocycles. The van der Waals surface area contributed by atoms with Crippen LogP contribution in [0.4, 0.5) is 0 Å². The number of likely N-dealkylation sites (tertiary alicyclic amines) is 1. The maximum Gasteiger partial charge on any atom is 0.305 e. The highest BCUT2D eigenvalue weighted by Gasteiger charge is 2.34. The van der Waals surface area contributed by atoms with Crippen molar-refractivity contribution < 1.29 is 19.1 Å². The molecule has 1 aromatic carbocycles. The molecule has 1 atom stereocenters. The minimum absolute atomic E-state index is 0.0116. The lowest BCUT2D eigenvalue weighted by molar-refractivity contribution is -0.137. The summed E-state index contributed by atoms with van der Waals surface area (Å²) in [5.74, 6) is 0.276. The molecule has 0 spiro atoms. The van der Waals surface area contributed by atoms with Crippen LogP contribution in [0.5, 0.6) is 0 Å². The SMILES string of the molecule is Cc1oc(-c2ccccc2)c(C(=O)N2CCCC2CC(=O)O)c1C. The highest BCUT2D eigenvalue weighted by molar-refractivity contribution is 6.01. The van der Waals surface area contributed by atoms with Crippen LogP contribution in [0.15, 0.2) is 34.7 Å². The smallest absolute Gasteiger partial charge is 0.305 e. The third-order valence-electron chi connectivity index (χ3n) is 4.68. The first kappa shape index (κ1) is 16.3. The highest BCUT2D eigenvalue weighted by atomic mass is 16.4. The van der Waals surface area contributed by atoms with Crippen molar-refractivity contribution in [2.45, 2.75) is 39.2 Å². The number of hydrogen-bond acceptors (Lipinski definition) is 3. The van der Waals surface area contributed by atoms with Gasteiger partial charge in [0.1, 0.15) is 11.5 Å². The summed E-state index contributed by atoms with van der Waals surface area (Å²) < 4.78 is 5.86. The number of hydrogen-bond donors (Lipinski definition) is 1. The van der Waals surface area contributed by atoms with Crippen LogP contribution in [0.1, 0.15) is 40.9 Å². The molecular weight excluding hydrogens is 306 g/mol. The Hall–Kier alpha value is -2.56. The van der Waals surface area contributed by atoms with E-state index in [0.717, 1.165) is 24.0 Å². The lowest BCUT2D eigenvalue weighted by Crippen LogP contribution is -2.37. The van der Waals surface area contributed by atoms with E-state index in [2.05, 4.69) is 0 Å². The van der Waals surface area contributed by atoms with Gasteiger partial charge in [0.2, 0.25) is 0 Å². The standard InChI is InChI=1S/C19H21NO4/c1-12-13(2)24-18(14-7-4-3-5-8-14)17(12)19(23)20-10-6-9-15(20)11-16(21)22/h3-5,7-8,15H,6,9-11H2,1-2H3,(H,21,22). The average Bonchev–Trinajstić information content (AvgIpc) is 3.12. The van der Waals surface area contributed by atoms with Crippen LogP contribution in [0.25, 0.3) is 11.3 Å². The topological polar surface area (TPSA) is 70.8 Å². The second-order valence-corrected chi connectivity index (χ2v) is 6.25. The summed E-state index contributed by atoms with van der Waals surface area (Å²) in [7, 11) is 0. The maximum atomic E-state index is 13.1. The zero-order valence-corrected chi connectivity index (χ0v) is 13.9. The van der Waals surface area contributed by atoms with E-state index in [1.165, 1.54) is 0 Å². The molecule has 1 fully saturated rings. The van der Waals surface area contributed by atoms with Gasteiger partial charge in [-0.2, -0.15) is 0 Å². The van der Waals surface area contributed by atoms with Crippen LogP contribution in [0, 0.1) is 13.8 Å². The fourth-order valence-corrected chi connectivity index (χ4v) is 3.34. The van der Waals surface area contributed by atoms with Gasteiger partial charge in [0.15, 0.2) is 0 Å². The molecule has 0 radical (unpaired) electrons. The summed E-state index contributed by atoms with van der Waals surface area (Å²) in [5, 5.41) is 9.08. The van der Waals surface area contributed by atoms with Crippen LogP contribution in [0.3, 0.4) is 0 Å². The van der Waals surface area contributed by atoms with Crippen LogP contribution < -0.4 is 0 Å². The van der Waals surface area contributed by atoms with Crippen LogP contribution >= 0.6 is 0 Å².